The van der Waals surface area contributed by atoms with E-state index in [2.05, 4.69) is 10.3 Å². The second kappa shape index (κ2) is 10.7. The number of aliphatic imine (C=N–C) groups is 1. The van der Waals surface area contributed by atoms with E-state index >= 15 is 0 Å². The number of ether oxygens (including phenoxy) is 1. The highest BCUT2D eigenvalue weighted by Crippen LogP contribution is 2.31. The van der Waals surface area contributed by atoms with Gasteiger partial charge in [0.1, 0.15) is 16.8 Å². The summed E-state index contributed by atoms with van der Waals surface area (Å²) in [4.78, 5) is 32.5. The summed E-state index contributed by atoms with van der Waals surface area (Å²) in [6, 6.07) is 18.9. The van der Waals surface area contributed by atoms with Crippen LogP contribution in [0.15, 0.2) is 71.7 Å². The summed E-state index contributed by atoms with van der Waals surface area (Å²) in [5.41, 5.74) is 4.16. The molecule has 0 bridgehead atoms. The zero-order valence-electron chi connectivity index (χ0n) is 19.7. The first-order chi connectivity index (χ1) is 16.8. The fraction of sp³-hybridized carbons (Fsp3) is 0.222. The molecule has 1 N–H and O–H groups in total. The minimum Gasteiger partial charge on any atom is -0.497 e. The number of carbonyl (C=O) groups is 2. The molecule has 0 radical (unpaired) electrons. The van der Waals surface area contributed by atoms with Gasteiger partial charge >= 0.3 is 0 Å². The molecule has 1 saturated heterocycles. The maximum absolute atomic E-state index is 13.4. The summed E-state index contributed by atoms with van der Waals surface area (Å²) >= 11 is 1.23. The van der Waals surface area contributed by atoms with E-state index in [0.717, 1.165) is 22.4 Å². The number of methoxy groups -OCH3 is 1. The Morgan fingerprint density at radius 3 is 2.49 bits per heavy atom. The van der Waals surface area contributed by atoms with Crippen LogP contribution in [0, 0.1) is 19.7 Å². The Morgan fingerprint density at radius 2 is 1.83 bits per heavy atom. The quantitative estimate of drug-likeness (QED) is 0.486. The summed E-state index contributed by atoms with van der Waals surface area (Å²) in [7, 11) is 1.59. The number of carbonyl (C=O) groups excluding carboxylic acids is 2. The third-order valence-corrected chi connectivity index (χ3v) is 6.81. The van der Waals surface area contributed by atoms with Crippen molar-refractivity contribution in [3.63, 3.8) is 0 Å². The van der Waals surface area contributed by atoms with Crippen LogP contribution >= 0.6 is 11.8 Å². The maximum atomic E-state index is 13.4. The Hall–Kier alpha value is -3.65. The molecule has 3 aromatic carbocycles. The SMILES string of the molecule is COc1ccc(CN2C(=O)CC(C(=O)Nc3ccc(C)cc3C)SC2=Nc2ccc(F)cc2)cc1. The Labute approximate surface area is 208 Å². The summed E-state index contributed by atoms with van der Waals surface area (Å²) in [6.07, 6.45) is 0.0417. The van der Waals surface area contributed by atoms with Crippen LogP contribution in [0.5, 0.6) is 5.75 Å². The molecule has 1 fully saturated rings. The Kier molecular flexibility index (Phi) is 7.51. The van der Waals surface area contributed by atoms with Gasteiger partial charge < -0.3 is 10.1 Å². The number of amidine groups is 1. The molecule has 4 rings (SSSR count). The summed E-state index contributed by atoms with van der Waals surface area (Å²) in [5, 5.41) is 2.70. The van der Waals surface area contributed by atoms with E-state index in [4.69, 9.17) is 4.74 Å². The van der Waals surface area contributed by atoms with E-state index in [9.17, 15) is 14.0 Å². The summed E-state index contributed by atoms with van der Waals surface area (Å²) in [5.74, 6) is -0.119. The number of aryl methyl sites for hydroxylation is 2. The lowest BCUT2D eigenvalue weighted by Gasteiger charge is -2.32. The number of nitrogens with zero attached hydrogens (tertiary/aromatic N) is 2. The van der Waals surface area contributed by atoms with Crippen LogP contribution in [0.2, 0.25) is 0 Å². The van der Waals surface area contributed by atoms with Crippen molar-refractivity contribution in [1.29, 1.82) is 0 Å². The fourth-order valence-electron chi connectivity index (χ4n) is 3.70. The smallest absolute Gasteiger partial charge is 0.238 e. The molecule has 1 aliphatic rings. The average molecular weight is 492 g/mol. The highest BCUT2D eigenvalue weighted by molar-refractivity contribution is 8.15. The van der Waals surface area contributed by atoms with Gasteiger partial charge in [0, 0.05) is 12.1 Å². The lowest BCUT2D eigenvalue weighted by atomic mass is 10.1. The molecule has 1 aliphatic heterocycles. The molecular weight excluding hydrogens is 465 g/mol. The molecule has 1 heterocycles. The second-order valence-corrected chi connectivity index (χ2v) is 9.49. The molecule has 35 heavy (non-hydrogen) atoms. The van der Waals surface area contributed by atoms with Crippen molar-refractivity contribution in [3.8, 4) is 5.75 Å². The standard InChI is InChI=1S/C27H26FN3O3S/c1-17-4-13-23(18(2)14-17)30-26(33)24-15-25(32)31(16-19-5-11-22(34-3)12-6-19)27(35-24)29-21-9-7-20(28)8-10-21/h4-14,24H,15-16H2,1-3H3,(H,30,33). The van der Waals surface area contributed by atoms with Crippen LogP contribution in [0.4, 0.5) is 15.8 Å². The predicted molar refractivity (Wildman–Crippen MR) is 138 cm³/mol. The average Bonchev–Trinajstić information content (AvgIpc) is 2.84. The molecule has 8 heteroatoms. The number of benzene rings is 3. The third-order valence-electron chi connectivity index (χ3n) is 5.62. The highest BCUT2D eigenvalue weighted by Gasteiger charge is 2.36. The molecule has 2 amide bonds. The van der Waals surface area contributed by atoms with Crippen LogP contribution in [-0.2, 0) is 16.1 Å². The maximum Gasteiger partial charge on any atom is 0.238 e. The number of rotatable bonds is 6. The largest absolute Gasteiger partial charge is 0.497 e. The molecule has 0 aromatic heterocycles. The van der Waals surface area contributed by atoms with Crippen molar-refractivity contribution in [3.05, 3.63) is 89.2 Å². The van der Waals surface area contributed by atoms with Gasteiger partial charge in [0.15, 0.2) is 5.17 Å². The minimum absolute atomic E-state index is 0.0417. The summed E-state index contributed by atoms with van der Waals surface area (Å²) in [6.45, 7) is 4.21. The van der Waals surface area contributed by atoms with Crippen LogP contribution in [-0.4, -0.2) is 34.2 Å². The number of halogens is 1. The Balaban J connectivity index is 1.59. The van der Waals surface area contributed by atoms with E-state index in [0.29, 0.717) is 23.1 Å². The number of anilines is 1. The van der Waals surface area contributed by atoms with Crippen molar-refractivity contribution in [2.45, 2.75) is 32.1 Å². The first kappa shape index (κ1) is 24.5. The van der Waals surface area contributed by atoms with Gasteiger partial charge in [-0.3, -0.25) is 14.5 Å². The lowest BCUT2D eigenvalue weighted by Crippen LogP contribution is -2.44. The van der Waals surface area contributed by atoms with Gasteiger partial charge in [-0.05, 0) is 67.4 Å². The van der Waals surface area contributed by atoms with E-state index in [-0.39, 0.29) is 24.1 Å². The van der Waals surface area contributed by atoms with Gasteiger partial charge in [0.2, 0.25) is 11.8 Å². The van der Waals surface area contributed by atoms with Crippen LogP contribution in [0.25, 0.3) is 0 Å². The van der Waals surface area contributed by atoms with Crippen molar-refractivity contribution in [2.75, 3.05) is 12.4 Å². The molecule has 1 atom stereocenters. The van der Waals surface area contributed by atoms with E-state index in [1.54, 1.807) is 12.0 Å². The Morgan fingerprint density at radius 1 is 1.11 bits per heavy atom. The lowest BCUT2D eigenvalue weighted by molar-refractivity contribution is -0.129. The Bertz CT molecular complexity index is 1260. The second-order valence-electron chi connectivity index (χ2n) is 8.32. The first-order valence-corrected chi connectivity index (χ1v) is 12.0. The van der Waals surface area contributed by atoms with Gasteiger partial charge in [0.25, 0.3) is 0 Å². The monoisotopic (exact) mass is 491 g/mol. The van der Waals surface area contributed by atoms with Crippen LogP contribution in [0.1, 0.15) is 23.1 Å². The van der Waals surface area contributed by atoms with Gasteiger partial charge in [-0.1, -0.05) is 41.6 Å². The number of amides is 2. The highest BCUT2D eigenvalue weighted by atomic mass is 32.2. The normalized spacial score (nSPS) is 16.9. The molecule has 0 aliphatic carbocycles. The van der Waals surface area contributed by atoms with Crippen LogP contribution < -0.4 is 10.1 Å². The number of thioether (sulfide) groups is 1. The zero-order valence-corrected chi connectivity index (χ0v) is 20.6. The van der Waals surface area contributed by atoms with Crippen molar-refractivity contribution in [1.82, 2.24) is 4.90 Å². The first-order valence-electron chi connectivity index (χ1n) is 11.1. The van der Waals surface area contributed by atoms with Crippen molar-refractivity contribution >= 4 is 40.1 Å². The predicted octanol–water partition coefficient (Wildman–Crippen LogP) is 5.61. The van der Waals surface area contributed by atoms with Crippen LogP contribution in [0.3, 0.4) is 0 Å². The molecule has 3 aromatic rings. The molecule has 0 spiro atoms. The molecule has 6 nitrogen and oxygen atoms in total. The van der Waals surface area contributed by atoms with Gasteiger partial charge in [-0.25, -0.2) is 9.38 Å². The molecule has 180 valence electrons. The minimum atomic E-state index is -0.644. The zero-order chi connectivity index (χ0) is 24.9. The topological polar surface area (TPSA) is 71.0 Å². The van der Waals surface area contributed by atoms with Gasteiger partial charge in [0.05, 0.1) is 19.3 Å². The van der Waals surface area contributed by atoms with Crippen molar-refractivity contribution in [2.24, 2.45) is 4.99 Å². The number of nitrogens with one attached hydrogen (secondary N) is 1. The number of hydrogen-bond donors (Lipinski definition) is 1. The van der Waals surface area contributed by atoms with Gasteiger partial charge in [-0.2, -0.15) is 0 Å². The fourth-order valence-corrected chi connectivity index (χ4v) is 4.80. The molecular formula is C27H26FN3O3S. The van der Waals surface area contributed by atoms with Gasteiger partial charge in [-0.15, -0.1) is 0 Å². The van der Waals surface area contributed by atoms with Crippen molar-refractivity contribution < 1.29 is 18.7 Å². The van der Waals surface area contributed by atoms with E-state index in [1.165, 1.54) is 36.0 Å². The van der Waals surface area contributed by atoms with E-state index in [1.807, 2.05) is 56.3 Å². The summed E-state index contributed by atoms with van der Waals surface area (Å²) < 4.78 is 18.6. The third kappa shape index (κ3) is 6.08. The molecule has 0 saturated carbocycles. The molecule has 1 unspecified atom stereocenters. The van der Waals surface area contributed by atoms with E-state index < -0.39 is 5.25 Å². The number of hydrogen-bond acceptors (Lipinski definition) is 5.